The highest BCUT2D eigenvalue weighted by atomic mass is 14.9. The summed E-state index contributed by atoms with van der Waals surface area (Å²) in [5, 5.41) is 3.48. The van der Waals surface area contributed by atoms with Gasteiger partial charge in [-0.3, -0.25) is 0 Å². The number of aryl methyl sites for hydroxylation is 1. The van der Waals surface area contributed by atoms with Crippen molar-refractivity contribution in [3.8, 4) is 12.3 Å². The summed E-state index contributed by atoms with van der Waals surface area (Å²) in [6.07, 6.45) is 9.28. The predicted octanol–water partition coefficient (Wildman–Crippen LogP) is 4.21. The first-order valence-corrected chi connectivity index (χ1v) is 6.49. The quantitative estimate of drug-likeness (QED) is 0.720. The summed E-state index contributed by atoms with van der Waals surface area (Å²) in [7, 11) is 0. The van der Waals surface area contributed by atoms with E-state index >= 15 is 0 Å². The maximum atomic E-state index is 5.51. The van der Waals surface area contributed by atoms with Crippen LogP contribution in [0.15, 0.2) is 18.2 Å². The number of benzene rings is 1. The molecule has 17 heavy (non-hydrogen) atoms. The van der Waals surface area contributed by atoms with Gasteiger partial charge in [0.25, 0.3) is 0 Å². The highest BCUT2D eigenvalue weighted by Crippen LogP contribution is 2.20. The van der Waals surface area contributed by atoms with E-state index in [1.807, 2.05) is 12.1 Å². The number of hydrogen-bond donors (Lipinski definition) is 1. The number of para-hydroxylation sites is 1. The molecule has 0 heterocycles. The van der Waals surface area contributed by atoms with Crippen LogP contribution in [0.3, 0.4) is 0 Å². The lowest BCUT2D eigenvalue weighted by Crippen LogP contribution is -2.08. The van der Waals surface area contributed by atoms with Crippen molar-refractivity contribution >= 4 is 5.69 Å². The number of terminal acetylenes is 1. The molecule has 1 unspecified atom stereocenters. The SMILES string of the molecule is C#Cc1cccc(C)c1NCCC(C)CCC. The minimum Gasteiger partial charge on any atom is -0.384 e. The van der Waals surface area contributed by atoms with Gasteiger partial charge in [-0.25, -0.2) is 0 Å². The van der Waals surface area contributed by atoms with Crippen LogP contribution in [0.25, 0.3) is 0 Å². The van der Waals surface area contributed by atoms with Gasteiger partial charge in [0, 0.05) is 12.1 Å². The highest BCUT2D eigenvalue weighted by Gasteiger charge is 2.04. The van der Waals surface area contributed by atoms with Crippen molar-refractivity contribution in [3.05, 3.63) is 29.3 Å². The van der Waals surface area contributed by atoms with E-state index in [-0.39, 0.29) is 0 Å². The van der Waals surface area contributed by atoms with Gasteiger partial charge in [-0.1, -0.05) is 44.7 Å². The number of nitrogens with one attached hydrogen (secondary N) is 1. The maximum Gasteiger partial charge on any atom is 0.0528 e. The first-order valence-electron chi connectivity index (χ1n) is 6.49. The van der Waals surface area contributed by atoms with Crippen LogP contribution in [0.5, 0.6) is 0 Å². The minimum absolute atomic E-state index is 0.783. The summed E-state index contributed by atoms with van der Waals surface area (Å²) in [5.74, 6) is 3.52. The smallest absolute Gasteiger partial charge is 0.0528 e. The van der Waals surface area contributed by atoms with Crippen molar-refractivity contribution in [2.45, 2.75) is 40.0 Å². The van der Waals surface area contributed by atoms with Gasteiger partial charge in [0.05, 0.1) is 5.69 Å². The molecule has 0 bridgehead atoms. The maximum absolute atomic E-state index is 5.51. The van der Waals surface area contributed by atoms with E-state index in [0.717, 1.165) is 23.7 Å². The molecule has 1 rings (SSSR count). The fourth-order valence-corrected chi connectivity index (χ4v) is 2.10. The molecule has 1 heteroatoms. The lowest BCUT2D eigenvalue weighted by Gasteiger charge is -2.14. The third kappa shape index (κ3) is 4.15. The molecule has 0 amide bonds. The molecule has 1 N–H and O–H groups in total. The molecular formula is C16H23N. The van der Waals surface area contributed by atoms with Crippen LogP contribution >= 0.6 is 0 Å². The monoisotopic (exact) mass is 229 g/mol. The Morgan fingerprint density at radius 2 is 2.12 bits per heavy atom. The number of hydrogen-bond acceptors (Lipinski definition) is 1. The molecule has 0 spiro atoms. The molecule has 0 saturated heterocycles. The Labute approximate surface area is 106 Å². The van der Waals surface area contributed by atoms with Gasteiger partial charge in [-0.05, 0) is 30.9 Å². The van der Waals surface area contributed by atoms with Gasteiger partial charge in [-0.15, -0.1) is 6.42 Å². The Kier molecular flexibility index (Phi) is 5.63. The molecule has 1 nitrogen and oxygen atoms in total. The van der Waals surface area contributed by atoms with Crippen LogP contribution in [0, 0.1) is 25.2 Å². The van der Waals surface area contributed by atoms with Gasteiger partial charge in [0.15, 0.2) is 0 Å². The summed E-state index contributed by atoms with van der Waals surface area (Å²) in [5.41, 5.74) is 3.32. The molecule has 1 atom stereocenters. The average molecular weight is 229 g/mol. The van der Waals surface area contributed by atoms with Crippen molar-refractivity contribution in [2.75, 3.05) is 11.9 Å². The molecule has 0 fully saturated rings. The zero-order chi connectivity index (χ0) is 12.7. The largest absolute Gasteiger partial charge is 0.384 e. The van der Waals surface area contributed by atoms with Gasteiger partial charge in [0.1, 0.15) is 0 Å². The standard InChI is InChI=1S/C16H23N/c1-5-8-13(3)11-12-17-16-14(4)9-7-10-15(16)6-2/h2,7,9-10,13,17H,5,8,11-12H2,1,3-4H3. The van der Waals surface area contributed by atoms with Crippen molar-refractivity contribution < 1.29 is 0 Å². The Morgan fingerprint density at radius 1 is 1.35 bits per heavy atom. The van der Waals surface area contributed by atoms with Gasteiger partial charge in [0.2, 0.25) is 0 Å². The first kappa shape index (κ1) is 13.6. The minimum atomic E-state index is 0.783. The van der Waals surface area contributed by atoms with E-state index in [0.29, 0.717) is 0 Å². The summed E-state index contributed by atoms with van der Waals surface area (Å²) in [6, 6.07) is 6.10. The lowest BCUT2D eigenvalue weighted by atomic mass is 10.0. The van der Waals surface area contributed by atoms with Crippen molar-refractivity contribution in [2.24, 2.45) is 5.92 Å². The number of rotatable bonds is 6. The second-order valence-electron chi connectivity index (χ2n) is 4.75. The Balaban J connectivity index is 2.55. The molecule has 0 aromatic heterocycles. The van der Waals surface area contributed by atoms with E-state index in [9.17, 15) is 0 Å². The predicted molar refractivity (Wildman–Crippen MR) is 76.3 cm³/mol. The van der Waals surface area contributed by atoms with Crippen molar-refractivity contribution in [1.82, 2.24) is 0 Å². The van der Waals surface area contributed by atoms with E-state index < -0.39 is 0 Å². The second-order valence-corrected chi connectivity index (χ2v) is 4.75. The Morgan fingerprint density at radius 3 is 2.76 bits per heavy atom. The van der Waals surface area contributed by atoms with E-state index in [2.05, 4.69) is 38.1 Å². The second kappa shape index (κ2) is 7.01. The fraction of sp³-hybridized carbons (Fsp3) is 0.500. The summed E-state index contributed by atoms with van der Waals surface area (Å²) >= 11 is 0. The third-order valence-electron chi connectivity index (χ3n) is 3.15. The molecular weight excluding hydrogens is 206 g/mol. The van der Waals surface area contributed by atoms with Crippen LogP contribution < -0.4 is 5.32 Å². The zero-order valence-corrected chi connectivity index (χ0v) is 11.2. The van der Waals surface area contributed by atoms with Crippen LogP contribution in [-0.2, 0) is 0 Å². The molecule has 0 saturated carbocycles. The van der Waals surface area contributed by atoms with Gasteiger partial charge >= 0.3 is 0 Å². The summed E-state index contributed by atoms with van der Waals surface area (Å²) in [4.78, 5) is 0. The Hall–Kier alpha value is -1.42. The molecule has 0 aliphatic rings. The molecule has 92 valence electrons. The molecule has 0 radical (unpaired) electrons. The van der Waals surface area contributed by atoms with Crippen molar-refractivity contribution in [1.29, 1.82) is 0 Å². The van der Waals surface area contributed by atoms with Crippen molar-refractivity contribution in [3.63, 3.8) is 0 Å². The van der Waals surface area contributed by atoms with E-state index in [1.54, 1.807) is 0 Å². The fourth-order valence-electron chi connectivity index (χ4n) is 2.10. The van der Waals surface area contributed by atoms with Crippen LogP contribution in [0.2, 0.25) is 0 Å². The molecule has 1 aromatic carbocycles. The van der Waals surface area contributed by atoms with E-state index in [1.165, 1.54) is 24.8 Å². The molecule has 0 aliphatic heterocycles. The highest BCUT2D eigenvalue weighted by molar-refractivity contribution is 5.62. The molecule has 0 aliphatic carbocycles. The topological polar surface area (TPSA) is 12.0 Å². The first-order chi connectivity index (χ1) is 8.19. The lowest BCUT2D eigenvalue weighted by molar-refractivity contribution is 0.499. The Bertz CT molecular complexity index is 387. The zero-order valence-electron chi connectivity index (χ0n) is 11.2. The van der Waals surface area contributed by atoms with Crippen LogP contribution in [0.4, 0.5) is 5.69 Å². The number of anilines is 1. The molecule has 1 aromatic rings. The third-order valence-corrected chi connectivity index (χ3v) is 3.15. The van der Waals surface area contributed by atoms with Gasteiger partial charge < -0.3 is 5.32 Å². The summed E-state index contributed by atoms with van der Waals surface area (Å²) < 4.78 is 0. The summed E-state index contributed by atoms with van der Waals surface area (Å²) in [6.45, 7) is 7.65. The van der Waals surface area contributed by atoms with E-state index in [4.69, 9.17) is 6.42 Å². The van der Waals surface area contributed by atoms with Crippen LogP contribution in [0.1, 0.15) is 44.2 Å². The van der Waals surface area contributed by atoms with Gasteiger partial charge in [-0.2, -0.15) is 0 Å². The normalized spacial score (nSPS) is 11.9. The van der Waals surface area contributed by atoms with Crippen LogP contribution in [-0.4, -0.2) is 6.54 Å². The average Bonchev–Trinajstić information content (AvgIpc) is 2.31.